The van der Waals surface area contributed by atoms with Gasteiger partial charge in [-0.1, -0.05) is 31.2 Å². The second-order valence-electron chi connectivity index (χ2n) is 6.41. The third-order valence-corrected chi connectivity index (χ3v) is 4.99. The summed E-state index contributed by atoms with van der Waals surface area (Å²) in [6, 6.07) is 14.8. The molecule has 25 heavy (non-hydrogen) atoms. The lowest BCUT2D eigenvalue weighted by Gasteiger charge is -2.07. The van der Waals surface area contributed by atoms with Gasteiger partial charge in [-0.25, -0.2) is 0 Å². The molecule has 0 unspecified atom stereocenters. The molecule has 0 radical (unpaired) electrons. The van der Waals surface area contributed by atoms with Crippen LogP contribution in [0.4, 0.5) is 0 Å². The summed E-state index contributed by atoms with van der Waals surface area (Å²) in [6.45, 7) is 3.43. The molecule has 4 heteroatoms. The number of hydrogen-bond donors (Lipinski definition) is 1. The number of fused-ring (bicyclic) bond motifs is 5. The van der Waals surface area contributed by atoms with E-state index in [1.165, 1.54) is 33.3 Å². The second-order valence-corrected chi connectivity index (χ2v) is 6.41. The first-order valence-corrected chi connectivity index (χ1v) is 8.77. The molecule has 0 saturated carbocycles. The molecule has 2 heterocycles. The van der Waals surface area contributed by atoms with Crippen molar-refractivity contribution in [1.29, 1.82) is 0 Å². The molecule has 1 aliphatic rings. The molecule has 0 saturated heterocycles. The van der Waals surface area contributed by atoms with E-state index in [0.29, 0.717) is 13.0 Å². The van der Waals surface area contributed by atoms with Gasteiger partial charge in [0, 0.05) is 36.0 Å². The third-order valence-electron chi connectivity index (χ3n) is 4.99. The summed E-state index contributed by atoms with van der Waals surface area (Å²) in [4.78, 5) is 11.6. The second kappa shape index (κ2) is 6.28. The number of methoxy groups -OCH3 is 1. The fourth-order valence-corrected chi connectivity index (χ4v) is 3.77. The number of benzene rings is 2. The van der Waals surface area contributed by atoms with Crippen molar-refractivity contribution in [2.75, 3.05) is 13.7 Å². The van der Waals surface area contributed by atoms with Gasteiger partial charge in [-0.2, -0.15) is 0 Å². The molecule has 1 N–H and O–H groups in total. The lowest BCUT2D eigenvalue weighted by atomic mass is 10.00. The van der Waals surface area contributed by atoms with E-state index in [4.69, 9.17) is 4.74 Å². The molecule has 0 fully saturated rings. The van der Waals surface area contributed by atoms with Crippen molar-refractivity contribution in [2.45, 2.75) is 26.3 Å². The molecule has 1 amide bonds. The maximum Gasteiger partial charge on any atom is 0.219 e. The highest BCUT2D eigenvalue weighted by Gasteiger charge is 2.25. The fourth-order valence-electron chi connectivity index (χ4n) is 3.77. The molecule has 2 aromatic carbocycles. The summed E-state index contributed by atoms with van der Waals surface area (Å²) in [7, 11) is 1.70. The highest BCUT2D eigenvalue weighted by Crippen LogP contribution is 2.42. The number of carbonyl (C=O) groups excluding carboxylic acids is 1. The molecular weight excluding hydrogens is 312 g/mol. The van der Waals surface area contributed by atoms with Crippen LogP contribution in [0.2, 0.25) is 0 Å². The molecule has 128 valence electrons. The van der Waals surface area contributed by atoms with Gasteiger partial charge < -0.3 is 14.6 Å². The number of nitrogens with one attached hydrogen (secondary N) is 1. The van der Waals surface area contributed by atoms with Crippen molar-refractivity contribution in [2.24, 2.45) is 0 Å². The SMILES string of the molecule is CCC(=O)NCCc1c2n(c3ccc(OC)cc13)Cc1ccccc1-2. The Labute approximate surface area is 147 Å². The van der Waals surface area contributed by atoms with E-state index in [-0.39, 0.29) is 5.91 Å². The van der Waals surface area contributed by atoms with E-state index in [1.54, 1.807) is 7.11 Å². The van der Waals surface area contributed by atoms with Crippen molar-refractivity contribution in [1.82, 2.24) is 9.88 Å². The third kappa shape index (κ3) is 2.58. The first-order chi connectivity index (χ1) is 12.2. The number of hydrogen-bond acceptors (Lipinski definition) is 2. The lowest BCUT2D eigenvalue weighted by molar-refractivity contribution is -0.120. The minimum Gasteiger partial charge on any atom is -0.497 e. The zero-order valence-corrected chi connectivity index (χ0v) is 14.6. The Morgan fingerprint density at radius 1 is 1.24 bits per heavy atom. The largest absolute Gasteiger partial charge is 0.497 e. The first-order valence-electron chi connectivity index (χ1n) is 8.77. The van der Waals surface area contributed by atoms with E-state index in [9.17, 15) is 4.79 Å². The highest BCUT2D eigenvalue weighted by atomic mass is 16.5. The van der Waals surface area contributed by atoms with E-state index < -0.39 is 0 Å². The van der Waals surface area contributed by atoms with Crippen LogP contribution in [0, 0.1) is 0 Å². The van der Waals surface area contributed by atoms with Gasteiger partial charge in [0.15, 0.2) is 0 Å². The predicted molar refractivity (Wildman–Crippen MR) is 100 cm³/mol. The number of rotatable bonds is 5. The van der Waals surface area contributed by atoms with Crippen LogP contribution in [0.25, 0.3) is 22.2 Å². The number of amides is 1. The van der Waals surface area contributed by atoms with Crippen LogP contribution in [0.15, 0.2) is 42.5 Å². The highest BCUT2D eigenvalue weighted by molar-refractivity contribution is 5.95. The maximum absolute atomic E-state index is 11.6. The van der Waals surface area contributed by atoms with Crippen molar-refractivity contribution < 1.29 is 9.53 Å². The zero-order valence-electron chi connectivity index (χ0n) is 14.6. The smallest absolute Gasteiger partial charge is 0.219 e. The topological polar surface area (TPSA) is 43.3 Å². The Bertz CT molecular complexity index is 956. The van der Waals surface area contributed by atoms with Gasteiger partial charge in [0.05, 0.1) is 12.8 Å². The molecular formula is C21H22N2O2. The molecule has 4 nitrogen and oxygen atoms in total. The summed E-state index contributed by atoms with van der Waals surface area (Å²) >= 11 is 0. The van der Waals surface area contributed by atoms with E-state index >= 15 is 0 Å². The molecule has 1 aliphatic heterocycles. The molecule has 4 rings (SSSR count). The van der Waals surface area contributed by atoms with E-state index in [2.05, 4.69) is 46.3 Å². The number of ether oxygens (including phenoxy) is 1. The predicted octanol–water partition coefficient (Wildman–Crippen LogP) is 3.75. The van der Waals surface area contributed by atoms with Crippen molar-refractivity contribution in [3.8, 4) is 17.0 Å². The normalized spacial score (nSPS) is 12.1. The van der Waals surface area contributed by atoms with Gasteiger partial charge >= 0.3 is 0 Å². The molecule has 0 bridgehead atoms. The standard InChI is InChI=1S/C21H22N2O2/c1-3-20(24)22-11-10-17-18-12-15(25-2)8-9-19(18)23-13-14-6-4-5-7-16(14)21(17)23/h4-9,12H,3,10-11,13H2,1-2H3,(H,22,24). The van der Waals surface area contributed by atoms with Crippen LogP contribution in [-0.4, -0.2) is 24.1 Å². The Balaban J connectivity index is 1.83. The van der Waals surface area contributed by atoms with Crippen LogP contribution in [0.1, 0.15) is 24.5 Å². The quantitative estimate of drug-likeness (QED) is 0.604. The lowest BCUT2D eigenvalue weighted by Crippen LogP contribution is -2.24. The molecule has 0 spiro atoms. The summed E-state index contributed by atoms with van der Waals surface area (Å²) in [5.41, 5.74) is 6.45. The summed E-state index contributed by atoms with van der Waals surface area (Å²) < 4.78 is 7.81. The number of aromatic nitrogens is 1. The van der Waals surface area contributed by atoms with Gasteiger partial charge in [0.1, 0.15) is 5.75 Å². The average Bonchev–Trinajstić information content (AvgIpc) is 3.16. The molecule has 3 aromatic rings. The Morgan fingerprint density at radius 3 is 2.88 bits per heavy atom. The average molecular weight is 334 g/mol. The Morgan fingerprint density at radius 2 is 2.08 bits per heavy atom. The Hall–Kier alpha value is -2.75. The summed E-state index contributed by atoms with van der Waals surface area (Å²) in [5.74, 6) is 0.960. The van der Waals surface area contributed by atoms with Crippen LogP contribution in [0.5, 0.6) is 5.75 Å². The molecule has 0 atom stereocenters. The van der Waals surface area contributed by atoms with Gasteiger partial charge in [-0.15, -0.1) is 0 Å². The zero-order chi connectivity index (χ0) is 17.4. The van der Waals surface area contributed by atoms with Gasteiger partial charge in [-0.05, 0) is 35.7 Å². The first kappa shape index (κ1) is 15.8. The van der Waals surface area contributed by atoms with Gasteiger partial charge in [0.25, 0.3) is 0 Å². The molecule has 1 aromatic heterocycles. The maximum atomic E-state index is 11.6. The Kier molecular flexibility index (Phi) is 3.96. The molecule has 0 aliphatic carbocycles. The summed E-state index contributed by atoms with van der Waals surface area (Å²) in [6.07, 6.45) is 1.33. The van der Waals surface area contributed by atoms with E-state index in [1.807, 2.05) is 13.0 Å². The van der Waals surface area contributed by atoms with Crippen LogP contribution < -0.4 is 10.1 Å². The van der Waals surface area contributed by atoms with Crippen molar-refractivity contribution in [3.05, 3.63) is 53.6 Å². The van der Waals surface area contributed by atoms with Gasteiger partial charge in [0.2, 0.25) is 5.91 Å². The van der Waals surface area contributed by atoms with Gasteiger partial charge in [-0.3, -0.25) is 4.79 Å². The summed E-state index contributed by atoms with van der Waals surface area (Å²) in [5, 5.41) is 4.22. The van der Waals surface area contributed by atoms with Crippen molar-refractivity contribution >= 4 is 16.8 Å². The van der Waals surface area contributed by atoms with Crippen LogP contribution in [-0.2, 0) is 17.8 Å². The minimum atomic E-state index is 0.0955. The fraction of sp³-hybridized carbons (Fsp3) is 0.286. The number of nitrogens with zero attached hydrogens (tertiary/aromatic N) is 1. The minimum absolute atomic E-state index is 0.0955. The van der Waals surface area contributed by atoms with Crippen LogP contribution in [0.3, 0.4) is 0 Å². The van der Waals surface area contributed by atoms with E-state index in [0.717, 1.165) is 18.7 Å². The monoisotopic (exact) mass is 334 g/mol. The van der Waals surface area contributed by atoms with Crippen molar-refractivity contribution in [3.63, 3.8) is 0 Å². The van der Waals surface area contributed by atoms with Crippen LogP contribution >= 0.6 is 0 Å². The number of carbonyl (C=O) groups is 1.